The predicted octanol–water partition coefficient (Wildman–Crippen LogP) is 3.39. The first-order valence-electron chi connectivity index (χ1n) is 6.53. The Morgan fingerprint density at radius 3 is 2.29 bits per heavy atom. The zero-order chi connectivity index (χ0) is 15.3. The van der Waals surface area contributed by atoms with E-state index in [9.17, 15) is 18.3 Å². The molecule has 5 heteroatoms. The molecule has 110 valence electrons. The summed E-state index contributed by atoms with van der Waals surface area (Å²) < 4.78 is 37.9. The Kier molecular flexibility index (Phi) is 2.99. The van der Waals surface area contributed by atoms with E-state index < -0.39 is 17.3 Å². The highest BCUT2D eigenvalue weighted by Crippen LogP contribution is 2.43. The Balaban J connectivity index is 2.05. The van der Waals surface area contributed by atoms with Crippen molar-refractivity contribution < 1.29 is 18.3 Å². The fourth-order valence-electron chi connectivity index (χ4n) is 2.85. The number of fused-ring (bicyclic) bond motifs is 1. The van der Waals surface area contributed by atoms with E-state index in [0.29, 0.717) is 17.7 Å². The van der Waals surface area contributed by atoms with Crippen molar-refractivity contribution >= 4 is 5.69 Å². The summed E-state index contributed by atoms with van der Waals surface area (Å²) >= 11 is 0. The van der Waals surface area contributed by atoms with Crippen molar-refractivity contribution in [2.24, 2.45) is 0 Å². The van der Waals surface area contributed by atoms with Crippen molar-refractivity contribution in [3.05, 3.63) is 65.2 Å². The van der Waals surface area contributed by atoms with Gasteiger partial charge in [0, 0.05) is 18.3 Å². The number of anilines is 1. The number of halogens is 3. The molecule has 0 aliphatic carbocycles. The molecule has 1 aliphatic rings. The lowest BCUT2D eigenvalue weighted by Crippen LogP contribution is -2.32. The van der Waals surface area contributed by atoms with E-state index in [1.165, 1.54) is 12.1 Å². The largest absolute Gasteiger partial charge is 0.416 e. The van der Waals surface area contributed by atoms with Gasteiger partial charge in [0.15, 0.2) is 0 Å². The summed E-state index contributed by atoms with van der Waals surface area (Å²) in [6, 6.07) is 12.1. The van der Waals surface area contributed by atoms with E-state index in [0.717, 1.165) is 17.8 Å². The van der Waals surface area contributed by atoms with Crippen LogP contribution in [0.15, 0.2) is 48.5 Å². The number of alkyl halides is 3. The number of hydrogen-bond donors (Lipinski definition) is 1. The lowest BCUT2D eigenvalue weighted by atomic mass is 9.88. The van der Waals surface area contributed by atoms with Crippen molar-refractivity contribution in [1.82, 2.24) is 0 Å². The normalized spacial score (nSPS) is 21.5. The molecule has 2 aromatic rings. The molecule has 0 spiro atoms. The topological polar surface area (TPSA) is 23.5 Å². The van der Waals surface area contributed by atoms with Crippen molar-refractivity contribution in [2.45, 2.75) is 11.8 Å². The first-order chi connectivity index (χ1) is 9.82. The summed E-state index contributed by atoms with van der Waals surface area (Å²) in [5, 5.41) is 11.0. The van der Waals surface area contributed by atoms with Gasteiger partial charge in [-0.2, -0.15) is 13.2 Å². The SMILES string of the molecule is CN1CC(O)(c2ccc(C(F)(F)F)cc2)c2ccccc21. The second-order valence-electron chi connectivity index (χ2n) is 5.31. The maximum Gasteiger partial charge on any atom is 0.416 e. The van der Waals surface area contributed by atoms with Crippen LogP contribution in [0.3, 0.4) is 0 Å². The Hall–Kier alpha value is -2.01. The van der Waals surface area contributed by atoms with Gasteiger partial charge in [0.2, 0.25) is 0 Å². The van der Waals surface area contributed by atoms with Crippen LogP contribution in [0.1, 0.15) is 16.7 Å². The molecule has 0 radical (unpaired) electrons. The van der Waals surface area contributed by atoms with Gasteiger partial charge in [0.1, 0.15) is 5.60 Å². The van der Waals surface area contributed by atoms with E-state index in [1.54, 1.807) is 6.07 Å². The maximum atomic E-state index is 12.6. The summed E-state index contributed by atoms with van der Waals surface area (Å²) in [5.74, 6) is 0. The lowest BCUT2D eigenvalue weighted by Gasteiger charge is -2.25. The van der Waals surface area contributed by atoms with Crippen LogP contribution in [0, 0.1) is 0 Å². The Morgan fingerprint density at radius 2 is 1.67 bits per heavy atom. The summed E-state index contributed by atoms with van der Waals surface area (Å²) in [4.78, 5) is 1.90. The van der Waals surface area contributed by atoms with Crippen molar-refractivity contribution in [3.8, 4) is 0 Å². The number of rotatable bonds is 1. The number of likely N-dealkylation sites (N-methyl/N-ethyl adjacent to an activating group) is 1. The van der Waals surface area contributed by atoms with Crippen LogP contribution >= 0.6 is 0 Å². The number of hydrogen-bond acceptors (Lipinski definition) is 2. The Morgan fingerprint density at radius 1 is 1.05 bits per heavy atom. The molecular formula is C16H14F3NO. The molecule has 1 N–H and O–H groups in total. The molecule has 1 aliphatic heterocycles. The lowest BCUT2D eigenvalue weighted by molar-refractivity contribution is -0.137. The molecule has 0 aromatic heterocycles. The highest BCUT2D eigenvalue weighted by atomic mass is 19.4. The third-order valence-corrected chi connectivity index (χ3v) is 3.92. The molecule has 0 amide bonds. The second-order valence-corrected chi connectivity index (χ2v) is 5.31. The fraction of sp³-hybridized carbons (Fsp3) is 0.250. The highest BCUT2D eigenvalue weighted by molar-refractivity contribution is 5.64. The van der Waals surface area contributed by atoms with Gasteiger partial charge in [-0.3, -0.25) is 0 Å². The van der Waals surface area contributed by atoms with Gasteiger partial charge in [-0.05, 0) is 23.8 Å². The molecule has 0 saturated heterocycles. The van der Waals surface area contributed by atoms with Crippen molar-refractivity contribution in [2.75, 3.05) is 18.5 Å². The van der Waals surface area contributed by atoms with E-state index >= 15 is 0 Å². The number of nitrogens with zero attached hydrogens (tertiary/aromatic N) is 1. The molecule has 3 rings (SSSR count). The fourth-order valence-corrected chi connectivity index (χ4v) is 2.85. The molecule has 1 heterocycles. The maximum absolute atomic E-state index is 12.6. The summed E-state index contributed by atoms with van der Waals surface area (Å²) in [5.41, 5.74) is 0.0732. The number of para-hydroxylation sites is 1. The Bertz CT molecular complexity index is 666. The van der Waals surface area contributed by atoms with Crippen LogP contribution < -0.4 is 4.90 Å². The first kappa shape index (κ1) is 13.9. The minimum Gasteiger partial charge on any atom is -0.378 e. The summed E-state index contributed by atoms with van der Waals surface area (Å²) in [6.07, 6.45) is -4.37. The summed E-state index contributed by atoms with van der Waals surface area (Å²) in [6.45, 7) is 0.317. The molecule has 1 unspecified atom stereocenters. The zero-order valence-corrected chi connectivity index (χ0v) is 11.4. The molecule has 1 atom stereocenters. The van der Waals surface area contributed by atoms with Gasteiger partial charge in [-0.25, -0.2) is 0 Å². The third-order valence-electron chi connectivity index (χ3n) is 3.92. The van der Waals surface area contributed by atoms with E-state index in [4.69, 9.17) is 0 Å². The molecule has 2 nitrogen and oxygen atoms in total. The standard InChI is InChI=1S/C16H14F3NO/c1-20-10-15(21,13-4-2-3-5-14(13)20)11-6-8-12(9-7-11)16(17,18)19/h2-9,21H,10H2,1H3. The average Bonchev–Trinajstić information content (AvgIpc) is 2.72. The van der Waals surface area contributed by atoms with Gasteiger partial charge in [-0.15, -0.1) is 0 Å². The number of β-amino-alcohol motifs (C(OH)–C–C–N with tert-alkyl or cyclic N) is 1. The quantitative estimate of drug-likeness (QED) is 0.871. The van der Waals surface area contributed by atoms with Crippen LogP contribution in [0.25, 0.3) is 0 Å². The van der Waals surface area contributed by atoms with Crippen LogP contribution in [0.5, 0.6) is 0 Å². The minimum absolute atomic E-state index is 0.317. The van der Waals surface area contributed by atoms with Gasteiger partial charge < -0.3 is 10.0 Å². The van der Waals surface area contributed by atoms with E-state index in [2.05, 4.69) is 0 Å². The summed E-state index contributed by atoms with van der Waals surface area (Å²) in [7, 11) is 1.85. The van der Waals surface area contributed by atoms with Crippen LogP contribution in [-0.2, 0) is 11.8 Å². The van der Waals surface area contributed by atoms with Gasteiger partial charge in [0.05, 0.1) is 12.1 Å². The number of benzene rings is 2. The van der Waals surface area contributed by atoms with Crippen LogP contribution in [0.2, 0.25) is 0 Å². The van der Waals surface area contributed by atoms with Gasteiger partial charge in [0.25, 0.3) is 0 Å². The third kappa shape index (κ3) is 2.17. The van der Waals surface area contributed by atoms with E-state index in [1.807, 2.05) is 30.1 Å². The average molecular weight is 293 g/mol. The van der Waals surface area contributed by atoms with E-state index in [-0.39, 0.29) is 0 Å². The Labute approximate surface area is 120 Å². The predicted molar refractivity (Wildman–Crippen MR) is 74.2 cm³/mol. The molecule has 2 aromatic carbocycles. The molecular weight excluding hydrogens is 279 g/mol. The van der Waals surface area contributed by atoms with Crippen LogP contribution in [0.4, 0.5) is 18.9 Å². The first-order valence-corrected chi connectivity index (χ1v) is 6.53. The minimum atomic E-state index is -4.37. The van der Waals surface area contributed by atoms with Crippen molar-refractivity contribution in [1.29, 1.82) is 0 Å². The van der Waals surface area contributed by atoms with Crippen molar-refractivity contribution in [3.63, 3.8) is 0 Å². The zero-order valence-electron chi connectivity index (χ0n) is 11.4. The highest BCUT2D eigenvalue weighted by Gasteiger charge is 2.41. The van der Waals surface area contributed by atoms with Gasteiger partial charge >= 0.3 is 6.18 Å². The molecule has 21 heavy (non-hydrogen) atoms. The molecule has 0 fully saturated rings. The molecule has 0 bridgehead atoms. The molecule has 0 saturated carbocycles. The second kappa shape index (κ2) is 4.49. The monoisotopic (exact) mass is 293 g/mol. The van der Waals surface area contributed by atoms with Gasteiger partial charge in [-0.1, -0.05) is 30.3 Å². The smallest absolute Gasteiger partial charge is 0.378 e. The van der Waals surface area contributed by atoms with Crippen LogP contribution in [-0.4, -0.2) is 18.7 Å². The number of aliphatic hydroxyl groups is 1.